The summed E-state index contributed by atoms with van der Waals surface area (Å²) in [7, 11) is 0. The van der Waals surface area contributed by atoms with E-state index >= 15 is 0 Å². The molecule has 124 valence electrons. The second-order valence-electron chi connectivity index (χ2n) is 6.67. The minimum Gasteiger partial charge on any atom is -0.393 e. The lowest BCUT2D eigenvalue weighted by Crippen LogP contribution is -2.21. The number of anilines is 1. The summed E-state index contributed by atoms with van der Waals surface area (Å²) in [5.74, 6) is 0.594. The van der Waals surface area contributed by atoms with E-state index in [0.717, 1.165) is 29.7 Å². The van der Waals surface area contributed by atoms with Crippen LogP contribution < -0.4 is 5.32 Å². The first-order valence-corrected chi connectivity index (χ1v) is 8.47. The highest BCUT2D eigenvalue weighted by Gasteiger charge is 2.17. The number of benzene rings is 1. The number of carbonyl (C=O) groups excluding carboxylic acids is 1. The van der Waals surface area contributed by atoms with Gasteiger partial charge in [0, 0.05) is 5.69 Å². The van der Waals surface area contributed by atoms with Crippen molar-refractivity contribution in [1.82, 2.24) is 0 Å². The van der Waals surface area contributed by atoms with Crippen molar-refractivity contribution in [1.29, 1.82) is 0 Å². The van der Waals surface area contributed by atoms with Crippen LogP contribution in [-0.4, -0.2) is 17.1 Å². The Labute approximate surface area is 135 Å². The van der Waals surface area contributed by atoms with E-state index < -0.39 is 6.10 Å². The van der Waals surface area contributed by atoms with Gasteiger partial charge < -0.3 is 10.4 Å². The van der Waals surface area contributed by atoms with E-state index in [-0.39, 0.29) is 12.3 Å². The van der Waals surface area contributed by atoms with Gasteiger partial charge in [0.25, 0.3) is 0 Å². The van der Waals surface area contributed by atoms with Crippen LogP contribution in [0.15, 0.2) is 18.2 Å². The zero-order valence-corrected chi connectivity index (χ0v) is 14.6. The summed E-state index contributed by atoms with van der Waals surface area (Å²) < 4.78 is 0. The Morgan fingerprint density at radius 3 is 2.14 bits per heavy atom. The first-order chi connectivity index (χ1) is 10.4. The molecule has 1 unspecified atom stereocenters. The van der Waals surface area contributed by atoms with E-state index in [2.05, 4.69) is 58.1 Å². The summed E-state index contributed by atoms with van der Waals surface area (Å²) in [5, 5.41) is 13.0. The van der Waals surface area contributed by atoms with Crippen molar-refractivity contribution in [3.05, 3.63) is 29.3 Å². The normalized spacial score (nSPS) is 12.7. The molecule has 3 heteroatoms. The smallest absolute Gasteiger partial charge is 0.226 e. The number of hydrogen-bond donors (Lipinski definition) is 2. The first-order valence-electron chi connectivity index (χ1n) is 8.47. The van der Waals surface area contributed by atoms with E-state index in [1.54, 1.807) is 0 Å². The van der Waals surface area contributed by atoms with Gasteiger partial charge in [0.1, 0.15) is 0 Å². The third kappa shape index (κ3) is 5.45. The van der Waals surface area contributed by atoms with Gasteiger partial charge in [0.2, 0.25) is 5.91 Å². The predicted molar refractivity (Wildman–Crippen MR) is 93.4 cm³/mol. The number of rotatable bonds is 8. The molecule has 22 heavy (non-hydrogen) atoms. The molecule has 0 spiro atoms. The molecule has 1 rings (SSSR count). The molecule has 1 aromatic carbocycles. The van der Waals surface area contributed by atoms with Gasteiger partial charge in [-0.05, 0) is 29.4 Å². The standard InChI is InChI=1S/C19H31NO2/c1-6-7-9-15(21)12-18(22)20-19-16(13(2)3)10-8-11-17(19)14(4)5/h8,10-11,13-15,21H,6-7,9,12H2,1-5H3,(H,20,22). The molecule has 0 fully saturated rings. The lowest BCUT2D eigenvalue weighted by atomic mass is 9.92. The fraction of sp³-hybridized carbons (Fsp3) is 0.632. The molecule has 0 aliphatic heterocycles. The fourth-order valence-electron chi connectivity index (χ4n) is 2.64. The van der Waals surface area contributed by atoms with Gasteiger partial charge in [0.05, 0.1) is 12.5 Å². The average molecular weight is 305 g/mol. The third-order valence-corrected chi connectivity index (χ3v) is 3.95. The molecule has 1 aromatic rings. The summed E-state index contributed by atoms with van der Waals surface area (Å²) in [4.78, 5) is 12.3. The molecule has 0 heterocycles. The van der Waals surface area contributed by atoms with Crippen molar-refractivity contribution in [3.63, 3.8) is 0 Å². The predicted octanol–water partition coefficient (Wildman–Crippen LogP) is 4.81. The third-order valence-electron chi connectivity index (χ3n) is 3.95. The van der Waals surface area contributed by atoms with Crippen LogP contribution in [0.5, 0.6) is 0 Å². The number of amides is 1. The molecule has 0 bridgehead atoms. The Hall–Kier alpha value is -1.35. The molecule has 1 amide bonds. The Bertz CT molecular complexity index is 454. The van der Waals surface area contributed by atoms with Crippen LogP contribution >= 0.6 is 0 Å². The second-order valence-corrected chi connectivity index (χ2v) is 6.67. The molecule has 0 aromatic heterocycles. The number of aliphatic hydroxyl groups excluding tert-OH is 1. The Morgan fingerprint density at radius 1 is 1.14 bits per heavy atom. The van der Waals surface area contributed by atoms with E-state index in [1.807, 2.05) is 0 Å². The maximum atomic E-state index is 12.3. The van der Waals surface area contributed by atoms with Crippen LogP contribution in [0.25, 0.3) is 0 Å². The van der Waals surface area contributed by atoms with Crippen LogP contribution in [0.3, 0.4) is 0 Å². The fourth-order valence-corrected chi connectivity index (χ4v) is 2.64. The molecule has 1 atom stereocenters. The molecule has 0 radical (unpaired) electrons. The summed E-state index contributed by atoms with van der Waals surface area (Å²) in [6, 6.07) is 6.19. The highest BCUT2D eigenvalue weighted by molar-refractivity contribution is 5.93. The first kappa shape index (κ1) is 18.7. The number of hydrogen-bond acceptors (Lipinski definition) is 2. The molecule has 0 aliphatic carbocycles. The average Bonchev–Trinajstić information content (AvgIpc) is 2.44. The summed E-state index contributed by atoms with van der Waals surface area (Å²) in [6.07, 6.45) is 2.30. The lowest BCUT2D eigenvalue weighted by Gasteiger charge is -2.20. The SMILES string of the molecule is CCCCC(O)CC(=O)Nc1c(C(C)C)cccc1C(C)C. The second kappa shape index (κ2) is 8.94. The maximum Gasteiger partial charge on any atom is 0.226 e. The Morgan fingerprint density at radius 2 is 1.68 bits per heavy atom. The minimum absolute atomic E-state index is 0.0985. The van der Waals surface area contributed by atoms with Gasteiger partial charge in [0.15, 0.2) is 0 Å². The Kier molecular flexibility index (Phi) is 7.60. The molecular formula is C19H31NO2. The maximum absolute atomic E-state index is 12.3. The zero-order valence-electron chi connectivity index (χ0n) is 14.6. The van der Waals surface area contributed by atoms with Crippen molar-refractivity contribution in [2.24, 2.45) is 0 Å². The van der Waals surface area contributed by atoms with E-state index in [0.29, 0.717) is 18.3 Å². The largest absolute Gasteiger partial charge is 0.393 e. The number of para-hydroxylation sites is 1. The monoisotopic (exact) mass is 305 g/mol. The summed E-state index contributed by atoms with van der Waals surface area (Å²) >= 11 is 0. The van der Waals surface area contributed by atoms with Crippen LogP contribution in [-0.2, 0) is 4.79 Å². The molecule has 0 saturated carbocycles. The van der Waals surface area contributed by atoms with E-state index in [4.69, 9.17) is 0 Å². The summed E-state index contributed by atoms with van der Waals surface area (Å²) in [5.41, 5.74) is 3.24. The quantitative estimate of drug-likeness (QED) is 0.724. The van der Waals surface area contributed by atoms with Crippen molar-refractivity contribution >= 4 is 11.6 Å². The molecular weight excluding hydrogens is 274 g/mol. The van der Waals surface area contributed by atoms with Crippen molar-refractivity contribution in [3.8, 4) is 0 Å². The van der Waals surface area contributed by atoms with E-state index in [9.17, 15) is 9.90 Å². The van der Waals surface area contributed by atoms with Gasteiger partial charge in [-0.25, -0.2) is 0 Å². The number of aliphatic hydroxyl groups is 1. The van der Waals surface area contributed by atoms with Gasteiger partial charge in [-0.3, -0.25) is 4.79 Å². The number of nitrogens with one attached hydrogen (secondary N) is 1. The van der Waals surface area contributed by atoms with Gasteiger partial charge in [-0.15, -0.1) is 0 Å². The van der Waals surface area contributed by atoms with Crippen molar-refractivity contribution in [2.45, 2.75) is 78.2 Å². The zero-order chi connectivity index (χ0) is 16.7. The van der Waals surface area contributed by atoms with E-state index in [1.165, 1.54) is 0 Å². The van der Waals surface area contributed by atoms with Crippen molar-refractivity contribution in [2.75, 3.05) is 5.32 Å². The highest BCUT2D eigenvalue weighted by atomic mass is 16.3. The topological polar surface area (TPSA) is 49.3 Å². The highest BCUT2D eigenvalue weighted by Crippen LogP contribution is 2.32. The van der Waals surface area contributed by atoms with Gasteiger partial charge in [-0.2, -0.15) is 0 Å². The molecule has 0 saturated heterocycles. The number of carbonyl (C=O) groups is 1. The van der Waals surface area contributed by atoms with Crippen LogP contribution in [0.1, 0.15) is 83.3 Å². The van der Waals surface area contributed by atoms with Crippen LogP contribution in [0.2, 0.25) is 0 Å². The molecule has 0 aliphatic rings. The Balaban J connectivity index is 2.89. The molecule has 3 nitrogen and oxygen atoms in total. The lowest BCUT2D eigenvalue weighted by molar-refractivity contribution is -0.118. The molecule has 2 N–H and O–H groups in total. The minimum atomic E-state index is -0.548. The van der Waals surface area contributed by atoms with Crippen LogP contribution in [0, 0.1) is 0 Å². The van der Waals surface area contributed by atoms with Gasteiger partial charge in [-0.1, -0.05) is 65.7 Å². The number of unbranched alkanes of at least 4 members (excludes halogenated alkanes) is 1. The van der Waals surface area contributed by atoms with Crippen molar-refractivity contribution < 1.29 is 9.90 Å². The van der Waals surface area contributed by atoms with Crippen LogP contribution in [0.4, 0.5) is 5.69 Å². The summed E-state index contributed by atoms with van der Waals surface area (Å²) in [6.45, 7) is 10.6. The van der Waals surface area contributed by atoms with Gasteiger partial charge >= 0.3 is 0 Å².